The van der Waals surface area contributed by atoms with E-state index in [-0.39, 0.29) is 5.78 Å². The highest BCUT2D eigenvalue weighted by Gasteiger charge is 2.40. The first-order valence-corrected chi connectivity index (χ1v) is 7.73. The fourth-order valence-corrected chi connectivity index (χ4v) is 2.95. The van der Waals surface area contributed by atoms with Crippen LogP contribution in [0.1, 0.15) is 30.9 Å². The lowest BCUT2D eigenvalue weighted by Crippen LogP contribution is -2.39. The Hall–Kier alpha value is -2.11. The van der Waals surface area contributed by atoms with Gasteiger partial charge in [-0.15, -0.1) is 0 Å². The number of carbonyl (C=O) groups excluding carboxylic acids is 1. The third-order valence-electron chi connectivity index (χ3n) is 4.15. The lowest BCUT2D eigenvalue weighted by molar-refractivity contribution is -0.123. The summed E-state index contributed by atoms with van der Waals surface area (Å²) in [5.41, 5.74) is 1.46. The maximum atomic E-state index is 13.0. The molecule has 1 unspecified atom stereocenters. The quantitative estimate of drug-likeness (QED) is 0.778. The molecule has 0 saturated heterocycles. The van der Waals surface area contributed by atoms with Crippen LogP contribution in [0.2, 0.25) is 0 Å². The van der Waals surface area contributed by atoms with Crippen molar-refractivity contribution in [2.24, 2.45) is 0 Å². The Balaban J connectivity index is 2.61. The van der Waals surface area contributed by atoms with Crippen molar-refractivity contribution in [1.82, 2.24) is 4.90 Å². The normalized spacial score (nSPS) is 11.3. The number of Topliss-reactive ketones (excluding diaryl/α,β-unsaturated/α-hetero) is 1. The Kier molecular flexibility index (Phi) is 5.35. The molecule has 0 saturated carbocycles. The molecule has 2 heteroatoms. The van der Waals surface area contributed by atoms with Gasteiger partial charge in [0.2, 0.25) is 0 Å². The zero-order chi connectivity index (χ0) is 16.0. The van der Waals surface area contributed by atoms with Crippen LogP contribution in [0.4, 0.5) is 0 Å². The molecule has 2 rings (SSSR count). The van der Waals surface area contributed by atoms with E-state index in [1.165, 1.54) is 0 Å². The molecule has 0 spiro atoms. The Labute approximate surface area is 133 Å². The number of nitrogens with zero attached hydrogens (tertiary/aromatic N) is 1. The van der Waals surface area contributed by atoms with Crippen LogP contribution in [0.5, 0.6) is 0 Å². The van der Waals surface area contributed by atoms with Crippen molar-refractivity contribution in [3.63, 3.8) is 0 Å². The van der Waals surface area contributed by atoms with Crippen molar-refractivity contribution in [1.29, 1.82) is 0 Å². The summed E-state index contributed by atoms with van der Waals surface area (Å²) in [5.74, 6) is 0.250. The van der Waals surface area contributed by atoms with Gasteiger partial charge in [0.15, 0.2) is 0 Å². The predicted octanol–water partition coefficient (Wildman–Crippen LogP) is 3.50. The first-order chi connectivity index (χ1) is 10.6. The fraction of sp³-hybridized carbons (Fsp3) is 0.350. The van der Waals surface area contributed by atoms with Crippen molar-refractivity contribution in [3.05, 3.63) is 71.8 Å². The van der Waals surface area contributed by atoms with Crippen LogP contribution in [0.25, 0.3) is 0 Å². The van der Waals surface area contributed by atoms with Gasteiger partial charge in [-0.05, 0) is 56.4 Å². The summed E-state index contributed by atoms with van der Waals surface area (Å²) in [4.78, 5) is 15.1. The highest BCUT2D eigenvalue weighted by atomic mass is 16.1. The molecule has 1 atom stereocenters. The fourth-order valence-electron chi connectivity index (χ4n) is 2.95. The highest BCUT2D eigenvalue weighted by Crippen LogP contribution is 2.37. The Morgan fingerprint density at radius 3 is 2.36 bits per heavy atom. The molecule has 0 heterocycles. The minimum absolute atomic E-state index is 0.250. The summed E-state index contributed by atoms with van der Waals surface area (Å²) in [6.07, 6.45) is 1.27. The molecule has 114 valence electrons. The van der Waals surface area contributed by atoms with E-state index in [1.54, 1.807) is 0 Å². The molecule has 2 nitrogen and oxygen atoms in total. The van der Waals surface area contributed by atoms with Gasteiger partial charge in [-0.25, -0.2) is 0 Å². The molecule has 2 aromatic rings. The minimum Gasteiger partial charge on any atom is -0.309 e. The van der Waals surface area contributed by atoms with Gasteiger partial charge in [-0.1, -0.05) is 49.4 Å². The molecule has 2 aromatic carbocycles. The van der Waals surface area contributed by atoms with E-state index in [9.17, 15) is 4.79 Å². The van der Waals surface area contributed by atoms with E-state index in [0.29, 0.717) is 6.42 Å². The molecule has 0 aromatic heterocycles. The van der Waals surface area contributed by atoms with Crippen molar-refractivity contribution >= 4 is 5.78 Å². The van der Waals surface area contributed by atoms with Crippen molar-refractivity contribution < 1.29 is 4.79 Å². The third-order valence-corrected chi connectivity index (χ3v) is 4.15. The Bertz CT molecular complexity index is 550. The molecule has 0 aliphatic rings. The average Bonchev–Trinajstić information content (AvgIpc) is 2.57. The van der Waals surface area contributed by atoms with Gasteiger partial charge in [0, 0.05) is 6.42 Å². The second kappa shape index (κ2) is 7.24. The molecular formula is C20H23NO. The molecule has 0 radical (unpaired) electrons. The van der Waals surface area contributed by atoms with Crippen molar-refractivity contribution in [3.8, 4) is 0 Å². The number of carbonyl (C=O) groups is 1. The Morgan fingerprint density at radius 2 is 1.82 bits per heavy atom. The summed E-state index contributed by atoms with van der Waals surface area (Å²) in [5, 5.41) is 0. The number of hydrogen-bond donors (Lipinski definition) is 0. The molecule has 0 N–H and O–H groups in total. The summed E-state index contributed by atoms with van der Waals surface area (Å²) in [7, 11) is 4.08. The van der Waals surface area contributed by atoms with Gasteiger partial charge in [0.25, 0.3) is 0 Å². The van der Waals surface area contributed by atoms with Crippen LogP contribution in [0.15, 0.2) is 48.5 Å². The summed E-state index contributed by atoms with van der Waals surface area (Å²) < 4.78 is 0. The molecule has 0 aliphatic carbocycles. The summed E-state index contributed by atoms with van der Waals surface area (Å²) in [6.45, 7) is 2.79. The largest absolute Gasteiger partial charge is 0.309 e. The van der Waals surface area contributed by atoms with E-state index >= 15 is 0 Å². The zero-order valence-electron chi connectivity index (χ0n) is 13.6. The molecule has 0 bridgehead atoms. The minimum atomic E-state index is -0.605. The van der Waals surface area contributed by atoms with Gasteiger partial charge in [-0.2, -0.15) is 0 Å². The van der Waals surface area contributed by atoms with E-state index in [4.69, 9.17) is 0 Å². The van der Waals surface area contributed by atoms with Gasteiger partial charge >= 0.3 is 0 Å². The third kappa shape index (κ3) is 3.21. The smallest absolute Gasteiger partial charge is 0.147 e. The first-order valence-electron chi connectivity index (χ1n) is 7.73. The standard InChI is InChI=1S/C20H23NO/c1-4-19(22)20(15-16-21(2)3,17-11-7-5-8-12-17)18-13-9-6-10-14-18/h5,7-9,11-14H,4,15-16H2,1-3H3. The van der Waals surface area contributed by atoms with Crippen molar-refractivity contribution in [2.75, 3.05) is 20.6 Å². The zero-order valence-corrected chi connectivity index (χ0v) is 13.6. The van der Waals surface area contributed by atoms with Crippen LogP contribution < -0.4 is 0 Å². The number of hydrogen-bond acceptors (Lipinski definition) is 2. The van der Waals surface area contributed by atoms with Crippen LogP contribution in [0.3, 0.4) is 0 Å². The number of ketones is 1. The SMILES string of the molecule is CCC(=O)C(CCN(C)C)(c1cc#ccc1)c1ccccc1. The molecule has 0 aliphatic heterocycles. The number of benzene rings is 1. The maximum absolute atomic E-state index is 13.0. The Morgan fingerprint density at radius 1 is 1.09 bits per heavy atom. The molecule has 22 heavy (non-hydrogen) atoms. The van der Waals surface area contributed by atoms with Gasteiger partial charge in [-0.3, -0.25) is 4.79 Å². The lowest BCUT2D eigenvalue weighted by atomic mass is 9.68. The second-order valence-electron chi connectivity index (χ2n) is 5.82. The number of rotatable bonds is 7. The van der Waals surface area contributed by atoms with E-state index in [2.05, 4.69) is 29.2 Å². The lowest BCUT2D eigenvalue weighted by Gasteiger charge is -2.34. The van der Waals surface area contributed by atoms with Crippen LogP contribution in [0, 0.1) is 12.1 Å². The van der Waals surface area contributed by atoms with E-state index in [0.717, 1.165) is 24.1 Å². The molecule has 0 fully saturated rings. The predicted molar refractivity (Wildman–Crippen MR) is 89.8 cm³/mol. The highest BCUT2D eigenvalue weighted by molar-refractivity contribution is 5.93. The molecule has 0 amide bonds. The van der Waals surface area contributed by atoms with Gasteiger partial charge in [0.05, 0.1) is 5.41 Å². The van der Waals surface area contributed by atoms with E-state index < -0.39 is 5.41 Å². The second-order valence-corrected chi connectivity index (χ2v) is 5.82. The van der Waals surface area contributed by atoms with Gasteiger partial charge in [0.1, 0.15) is 5.78 Å². The average molecular weight is 293 g/mol. The monoisotopic (exact) mass is 293 g/mol. The van der Waals surface area contributed by atoms with E-state index in [1.807, 2.05) is 57.4 Å². The maximum Gasteiger partial charge on any atom is 0.147 e. The topological polar surface area (TPSA) is 20.3 Å². The molecular weight excluding hydrogens is 270 g/mol. The van der Waals surface area contributed by atoms with Crippen molar-refractivity contribution in [2.45, 2.75) is 25.2 Å². The summed E-state index contributed by atoms with van der Waals surface area (Å²) >= 11 is 0. The summed E-state index contributed by atoms with van der Waals surface area (Å²) in [6, 6.07) is 21.8. The van der Waals surface area contributed by atoms with Crippen LogP contribution in [-0.4, -0.2) is 31.3 Å². The first kappa shape index (κ1) is 16.3. The van der Waals surface area contributed by atoms with Gasteiger partial charge < -0.3 is 4.90 Å². The van der Waals surface area contributed by atoms with Crippen LogP contribution in [-0.2, 0) is 10.2 Å². The van der Waals surface area contributed by atoms with Crippen LogP contribution >= 0.6 is 0 Å².